The van der Waals surface area contributed by atoms with Crippen LogP contribution in [0.15, 0.2) is 16.5 Å². The molecule has 90 valence electrons. The Morgan fingerprint density at radius 3 is 2.62 bits per heavy atom. The molecule has 1 heterocycles. The summed E-state index contributed by atoms with van der Waals surface area (Å²) in [5.74, 6) is 0.0331. The van der Waals surface area contributed by atoms with Gasteiger partial charge in [-0.3, -0.25) is 0 Å². The number of hydrogen-bond acceptors (Lipinski definition) is 3. The summed E-state index contributed by atoms with van der Waals surface area (Å²) in [5.41, 5.74) is 0. The van der Waals surface area contributed by atoms with Crippen LogP contribution in [0.5, 0.6) is 0 Å². The maximum absolute atomic E-state index is 10.6. The third-order valence-corrected chi connectivity index (χ3v) is 2.19. The van der Waals surface area contributed by atoms with Crippen molar-refractivity contribution in [2.45, 2.75) is 39.9 Å². The molecular formula is C12H18O4. The highest BCUT2D eigenvalue weighted by Crippen LogP contribution is 2.13. The maximum Gasteiger partial charge on any atom is 0.371 e. The normalized spacial score (nSPS) is 13.0. The Labute approximate surface area is 95.2 Å². The highest BCUT2D eigenvalue weighted by molar-refractivity contribution is 5.84. The molecule has 1 rings (SSSR count). The first-order valence-corrected chi connectivity index (χ1v) is 5.42. The maximum atomic E-state index is 10.6. The van der Waals surface area contributed by atoms with Crippen LogP contribution >= 0.6 is 0 Å². The summed E-state index contributed by atoms with van der Waals surface area (Å²) in [6.07, 6.45) is 1.13. The van der Waals surface area contributed by atoms with Crippen molar-refractivity contribution < 1.29 is 19.1 Å². The van der Waals surface area contributed by atoms with Crippen LogP contribution < -0.4 is 0 Å². The molecule has 0 amide bonds. The van der Waals surface area contributed by atoms with Gasteiger partial charge in [0.15, 0.2) is 0 Å². The van der Waals surface area contributed by atoms with Crippen molar-refractivity contribution >= 4 is 5.97 Å². The summed E-state index contributed by atoms with van der Waals surface area (Å²) in [4.78, 5) is 10.6. The van der Waals surface area contributed by atoms with Crippen molar-refractivity contribution in [3.05, 3.63) is 23.7 Å². The van der Waals surface area contributed by atoms with Crippen LogP contribution in [0.1, 0.15) is 43.5 Å². The van der Waals surface area contributed by atoms with Gasteiger partial charge in [0.1, 0.15) is 12.4 Å². The van der Waals surface area contributed by atoms with Crippen molar-refractivity contribution in [2.75, 3.05) is 0 Å². The molecule has 1 aromatic rings. The van der Waals surface area contributed by atoms with Crippen LogP contribution in [0, 0.1) is 5.92 Å². The lowest BCUT2D eigenvalue weighted by Crippen LogP contribution is -2.10. The standard InChI is InChI=1S/C12H18O4/c1-8(2)6-9(3)15-7-10-4-5-11(16-10)12(13)14/h4-5,8-9H,6-7H2,1-3H3,(H,13,14). The zero-order valence-corrected chi connectivity index (χ0v) is 9.90. The molecule has 0 aliphatic rings. The topological polar surface area (TPSA) is 59.7 Å². The SMILES string of the molecule is CC(C)CC(C)OCc1ccc(C(=O)O)o1. The Hall–Kier alpha value is -1.29. The van der Waals surface area contributed by atoms with Crippen LogP contribution in [0.4, 0.5) is 0 Å². The summed E-state index contributed by atoms with van der Waals surface area (Å²) in [6, 6.07) is 3.07. The fraction of sp³-hybridized carbons (Fsp3) is 0.583. The van der Waals surface area contributed by atoms with E-state index in [1.807, 2.05) is 6.92 Å². The number of carbonyl (C=O) groups is 1. The highest BCUT2D eigenvalue weighted by Gasteiger charge is 2.10. The van der Waals surface area contributed by atoms with Gasteiger partial charge >= 0.3 is 5.97 Å². The number of carboxylic acids is 1. The number of hydrogen-bond donors (Lipinski definition) is 1. The molecule has 0 aliphatic carbocycles. The second kappa shape index (κ2) is 5.70. The minimum atomic E-state index is -1.05. The summed E-state index contributed by atoms with van der Waals surface area (Å²) in [5, 5.41) is 8.66. The average molecular weight is 226 g/mol. The summed E-state index contributed by atoms with van der Waals surface area (Å²) in [7, 11) is 0. The monoisotopic (exact) mass is 226 g/mol. The van der Waals surface area contributed by atoms with Crippen LogP contribution in [0.3, 0.4) is 0 Å². The first kappa shape index (κ1) is 12.8. The predicted octanol–water partition coefficient (Wildman–Crippen LogP) is 2.93. The first-order chi connectivity index (χ1) is 7.49. The van der Waals surface area contributed by atoms with Gasteiger partial charge in [-0.05, 0) is 31.4 Å². The molecule has 0 bridgehead atoms. The molecule has 16 heavy (non-hydrogen) atoms. The van der Waals surface area contributed by atoms with E-state index in [-0.39, 0.29) is 11.9 Å². The number of rotatable bonds is 6. The number of aromatic carboxylic acids is 1. The van der Waals surface area contributed by atoms with E-state index in [0.717, 1.165) is 6.42 Å². The Kier molecular flexibility index (Phi) is 4.55. The molecule has 0 aliphatic heterocycles. The van der Waals surface area contributed by atoms with Gasteiger partial charge in [-0.15, -0.1) is 0 Å². The Bertz CT molecular complexity index is 341. The van der Waals surface area contributed by atoms with Crippen molar-refractivity contribution in [1.82, 2.24) is 0 Å². The summed E-state index contributed by atoms with van der Waals surface area (Å²) < 4.78 is 10.6. The fourth-order valence-electron chi connectivity index (χ4n) is 1.53. The lowest BCUT2D eigenvalue weighted by molar-refractivity contribution is 0.0292. The molecule has 0 fully saturated rings. The Morgan fingerprint density at radius 1 is 1.44 bits per heavy atom. The van der Waals surface area contributed by atoms with Gasteiger partial charge in [-0.25, -0.2) is 4.79 Å². The third kappa shape index (κ3) is 4.06. The van der Waals surface area contributed by atoms with E-state index in [4.69, 9.17) is 14.3 Å². The number of furan rings is 1. The lowest BCUT2D eigenvalue weighted by atomic mass is 10.1. The zero-order chi connectivity index (χ0) is 12.1. The summed E-state index contributed by atoms with van der Waals surface area (Å²) in [6.45, 7) is 6.59. The van der Waals surface area contributed by atoms with Gasteiger partial charge in [0.2, 0.25) is 5.76 Å². The van der Waals surface area contributed by atoms with Gasteiger partial charge in [0.05, 0.1) is 6.10 Å². The molecule has 0 aromatic carbocycles. The van der Waals surface area contributed by atoms with Gasteiger partial charge in [-0.2, -0.15) is 0 Å². The van der Waals surface area contributed by atoms with E-state index in [1.54, 1.807) is 6.07 Å². The lowest BCUT2D eigenvalue weighted by Gasteiger charge is -2.13. The zero-order valence-electron chi connectivity index (χ0n) is 9.90. The smallest absolute Gasteiger partial charge is 0.371 e. The molecule has 1 atom stereocenters. The molecule has 0 saturated heterocycles. The molecule has 4 nitrogen and oxygen atoms in total. The van der Waals surface area contributed by atoms with E-state index >= 15 is 0 Å². The summed E-state index contributed by atoms with van der Waals surface area (Å²) >= 11 is 0. The van der Waals surface area contributed by atoms with Crippen molar-refractivity contribution in [1.29, 1.82) is 0 Å². The predicted molar refractivity (Wildman–Crippen MR) is 59.4 cm³/mol. The van der Waals surface area contributed by atoms with Crippen LogP contribution in [0.2, 0.25) is 0 Å². The molecule has 0 saturated carbocycles. The van der Waals surface area contributed by atoms with Gasteiger partial charge in [0, 0.05) is 0 Å². The average Bonchev–Trinajstić information content (AvgIpc) is 2.61. The van der Waals surface area contributed by atoms with E-state index in [1.165, 1.54) is 6.07 Å². The largest absolute Gasteiger partial charge is 0.475 e. The molecule has 1 aromatic heterocycles. The second-order valence-electron chi connectivity index (χ2n) is 4.32. The van der Waals surface area contributed by atoms with Crippen molar-refractivity contribution in [2.24, 2.45) is 5.92 Å². The Balaban J connectivity index is 2.39. The molecule has 4 heteroatoms. The highest BCUT2D eigenvalue weighted by atomic mass is 16.5. The first-order valence-electron chi connectivity index (χ1n) is 5.42. The molecule has 1 unspecified atom stereocenters. The van der Waals surface area contributed by atoms with Crippen LogP contribution in [-0.4, -0.2) is 17.2 Å². The Morgan fingerprint density at radius 2 is 2.12 bits per heavy atom. The van der Waals surface area contributed by atoms with E-state index in [2.05, 4.69) is 13.8 Å². The van der Waals surface area contributed by atoms with Crippen molar-refractivity contribution in [3.8, 4) is 0 Å². The van der Waals surface area contributed by atoms with Crippen LogP contribution in [-0.2, 0) is 11.3 Å². The van der Waals surface area contributed by atoms with E-state index in [9.17, 15) is 4.79 Å². The minimum absolute atomic E-state index is 0.0462. The van der Waals surface area contributed by atoms with Crippen LogP contribution in [0.25, 0.3) is 0 Å². The quantitative estimate of drug-likeness (QED) is 0.810. The number of carboxylic acid groups (broad SMARTS) is 1. The number of ether oxygens (including phenoxy) is 1. The van der Waals surface area contributed by atoms with Crippen molar-refractivity contribution in [3.63, 3.8) is 0 Å². The third-order valence-electron chi connectivity index (χ3n) is 2.19. The minimum Gasteiger partial charge on any atom is -0.475 e. The second-order valence-corrected chi connectivity index (χ2v) is 4.32. The van der Waals surface area contributed by atoms with E-state index < -0.39 is 5.97 Å². The molecule has 1 N–H and O–H groups in total. The van der Waals surface area contributed by atoms with Gasteiger partial charge < -0.3 is 14.3 Å². The molecule has 0 radical (unpaired) electrons. The molecule has 0 spiro atoms. The van der Waals surface area contributed by atoms with E-state index in [0.29, 0.717) is 18.3 Å². The molecular weight excluding hydrogens is 208 g/mol. The van der Waals surface area contributed by atoms with Gasteiger partial charge in [-0.1, -0.05) is 13.8 Å². The fourth-order valence-corrected chi connectivity index (χ4v) is 1.53. The van der Waals surface area contributed by atoms with Gasteiger partial charge in [0.25, 0.3) is 0 Å².